The van der Waals surface area contributed by atoms with Gasteiger partial charge in [-0.05, 0) is 0 Å². The van der Waals surface area contributed by atoms with E-state index < -0.39 is 11.2 Å². The maximum Gasteiger partial charge on any atom is 0.330 e. The topological polar surface area (TPSA) is 64.8 Å². The van der Waals surface area contributed by atoms with E-state index in [1.165, 1.54) is 21.3 Å². The summed E-state index contributed by atoms with van der Waals surface area (Å²) in [6.07, 6.45) is 0. The minimum Gasteiger partial charge on any atom is -0.466 e. The zero-order chi connectivity index (χ0) is 8.97. The Kier molecular flexibility index (Phi) is 3.18. The molecular formula is C5H9N3O3S. The highest BCUT2D eigenvalue weighted by Crippen LogP contribution is 2.03. The Labute approximate surface area is 72.7 Å². The second kappa shape index (κ2) is 4.17. The number of aliphatic imine (C=N–C) groups is 1. The molecule has 1 aliphatic heterocycles. The van der Waals surface area contributed by atoms with Gasteiger partial charge in [-0.15, -0.1) is 13.8 Å². The summed E-state index contributed by atoms with van der Waals surface area (Å²) in [4.78, 5) is 3.80. The van der Waals surface area contributed by atoms with Gasteiger partial charge in [0.05, 0.1) is 21.3 Å². The van der Waals surface area contributed by atoms with Crippen LogP contribution in [0.5, 0.6) is 0 Å². The molecule has 1 atom stereocenters. The predicted octanol–water partition coefficient (Wildman–Crippen LogP) is 0.283. The molecule has 0 bridgehead atoms. The first kappa shape index (κ1) is 9.14. The minimum absolute atomic E-state index is 0.215. The Morgan fingerprint density at radius 2 is 1.75 bits per heavy atom. The first-order valence-electron chi connectivity index (χ1n) is 3.06. The molecule has 1 aliphatic rings. The van der Waals surface area contributed by atoms with Crippen molar-refractivity contribution in [3.05, 3.63) is 0 Å². The molecule has 0 aliphatic carbocycles. The standard InChI is InChI=1S/C5H9N3O3S/c1-9-4-6-5(10-2)8-12(7-4)11-3/h1-3H3. The Morgan fingerprint density at radius 3 is 2.25 bits per heavy atom. The third-order valence-corrected chi connectivity index (χ3v) is 1.94. The molecule has 68 valence electrons. The van der Waals surface area contributed by atoms with Gasteiger partial charge >= 0.3 is 12.0 Å². The number of methoxy groups -OCH3 is 2. The fourth-order valence-electron chi connectivity index (χ4n) is 0.517. The maximum absolute atomic E-state index is 4.89. The quantitative estimate of drug-likeness (QED) is 0.598. The van der Waals surface area contributed by atoms with Crippen LogP contribution in [-0.2, 0) is 24.8 Å². The average molecular weight is 191 g/mol. The van der Waals surface area contributed by atoms with Gasteiger partial charge in [0.25, 0.3) is 0 Å². The van der Waals surface area contributed by atoms with E-state index in [4.69, 9.17) is 13.7 Å². The van der Waals surface area contributed by atoms with Crippen LogP contribution in [0.2, 0.25) is 0 Å². The molecule has 0 spiro atoms. The van der Waals surface area contributed by atoms with Crippen molar-refractivity contribution in [1.29, 1.82) is 0 Å². The second-order valence-corrected chi connectivity index (χ2v) is 2.83. The van der Waals surface area contributed by atoms with Gasteiger partial charge in [-0.1, -0.05) is 0 Å². The monoisotopic (exact) mass is 191 g/mol. The molecule has 0 fully saturated rings. The van der Waals surface area contributed by atoms with Crippen molar-refractivity contribution < 1.29 is 13.7 Å². The molecule has 6 nitrogen and oxygen atoms in total. The van der Waals surface area contributed by atoms with Crippen molar-refractivity contribution in [3.63, 3.8) is 0 Å². The predicted molar refractivity (Wildman–Crippen MR) is 45.7 cm³/mol. The summed E-state index contributed by atoms with van der Waals surface area (Å²) < 4.78 is 22.3. The van der Waals surface area contributed by atoms with Gasteiger partial charge in [-0.2, -0.15) is 0 Å². The van der Waals surface area contributed by atoms with Crippen LogP contribution in [0.15, 0.2) is 13.8 Å². The Balaban J connectivity index is 2.88. The number of nitrogens with zero attached hydrogens (tertiary/aromatic N) is 3. The van der Waals surface area contributed by atoms with E-state index in [-0.39, 0.29) is 12.0 Å². The van der Waals surface area contributed by atoms with Crippen LogP contribution in [0, 0.1) is 0 Å². The fourth-order valence-corrected chi connectivity index (χ4v) is 1.20. The molecule has 12 heavy (non-hydrogen) atoms. The lowest BCUT2D eigenvalue weighted by Gasteiger charge is -2.07. The lowest BCUT2D eigenvalue weighted by molar-refractivity contribution is 0.377. The normalized spacial score (nSPS) is 22.1. The summed E-state index contributed by atoms with van der Waals surface area (Å²) in [6, 6.07) is 0.430. The highest BCUT2D eigenvalue weighted by atomic mass is 32.2. The Hall–Kier alpha value is -0.950. The minimum atomic E-state index is -0.879. The lowest BCUT2D eigenvalue weighted by atomic mass is 11.0. The van der Waals surface area contributed by atoms with Gasteiger partial charge in [0.15, 0.2) is 11.2 Å². The molecule has 0 aromatic heterocycles. The van der Waals surface area contributed by atoms with Crippen LogP contribution in [-0.4, -0.2) is 33.4 Å². The largest absolute Gasteiger partial charge is 0.466 e. The van der Waals surface area contributed by atoms with Crippen molar-refractivity contribution >= 4 is 23.2 Å². The van der Waals surface area contributed by atoms with Gasteiger partial charge in [0, 0.05) is 0 Å². The molecule has 0 aromatic carbocycles. The second-order valence-electron chi connectivity index (χ2n) is 1.67. The average Bonchev–Trinajstić information content (AvgIpc) is 2.16. The summed E-state index contributed by atoms with van der Waals surface area (Å²) in [5.41, 5.74) is 0. The summed E-state index contributed by atoms with van der Waals surface area (Å²) in [5.74, 6) is 0. The number of hydrogen-bond donors (Lipinski definition) is 0. The van der Waals surface area contributed by atoms with E-state index in [1.54, 1.807) is 0 Å². The van der Waals surface area contributed by atoms with Crippen molar-refractivity contribution in [2.75, 3.05) is 21.3 Å². The highest BCUT2D eigenvalue weighted by Gasteiger charge is 2.10. The summed E-state index contributed by atoms with van der Waals surface area (Å²) in [7, 11) is 4.44. The van der Waals surface area contributed by atoms with Crippen molar-refractivity contribution in [1.82, 2.24) is 0 Å². The highest BCUT2D eigenvalue weighted by molar-refractivity contribution is 7.81. The maximum atomic E-state index is 4.89. The lowest BCUT2D eigenvalue weighted by Crippen LogP contribution is -2.12. The van der Waals surface area contributed by atoms with Crippen LogP contribution in [0.4, 0.5) is 0 Å². The summed E-state index contributed by atoms with van der Waals surface area (Å²) >= 11 is -0.879. The molecular weight excluding hydrogens is 182 g/mol. The van der Waals surface area contributed by atoms with E-state index in [1.807, 2.05) is 0 Å². The molecule has 0 saturated carbocycles. The number of rotatable bonds is 1. The van der Waals surface area contributed by atoms with Gasteiger partial charge in [0.1, 0.15) is 0 Å². The van der Waals surface area contributed by atoms with E-state index in [2.05, 4.69) is 13.8 Å². The molecule has 0 N–H and O–H groups in total. The van der Waals surface area contributed by atoms with Gasteiger partial charge < -0.3 is 9.47 Å². The Morgan fingerprint density at radius 1 is 1.08 bits per heavy atom. The van der Waals surface area contributed by atoms with E-state index >= 15 is 0 Å². The molecule has 0 amide bonds. The summed E-state index contributed by atoms with van der Waals surface area (Å²) in [6.45, 7) is 0. The first-order valence-corrected chi connectivity index (χ1v) is 4.12. The molecule has 1 heterocycles. The van der Waals surface area contributed by atoms with E-state index in [0.29, 0.717) is 0 Å². The number of amidine groups is 2. The zero-order valence-electron chi connectivity index (χ0n) is 6.97. The molecule has 1 rings (SSSR count). The van der Waals surface area contributed by atoms with Gasteiger partial charge in [-0.3, -0.25) is 4.18 Å². The number of hydrogen-bond acceptors (Lipinski definition) is 6. The molecule has 0 radical (unpaired) electrons. The fraction of sp³-hybridized carbons (Fsp3) is 0.600. The van der Waals surface area contributed by atoms with Crippen LogP contribution < -0.4 is 0 Å². The van der Waals surface area contributed by atoms with Gasteiger partial charge in [-0.25, -0.2) is 0 Å². The first-order chi connectivity index (χ1) is 5.80. The third-order valence-electron chi connectivity index (χ3n) is 1.02. The number of ether oxygens (including phenoxy) is 2. The van der Waals surface area contributed by atoms with E-state index in [9.17, 15) is 0 Å². The molecule has 0 aromatic rings. The molecule has 1 unspecified atom stereocenters. The molecule has 0 saturated heterocycles. The van der Waals surface area contributed by atoms with Crippen molar-refractivity contribution in [2.24, 2.45) is 13.8 Å². The van der Waals surface area contributed by atoms with Gasteiger partial charge in [0.2, 0.25) is 0 Å². The van der Waals surface area contributed by atoms with Crippen molar-refractivity contribution in [2.45, 2.75) is 0 Å². The SMILES string of the molecule is COC1=NC(OC)=NS(OC)=N1. The summed E-state index contributed by atoms with van der Waals surface area (Å²) in [5, 5.41) is 0. The van der Waals surface area contributed by atoms with Crippen LogP contribution in [0.1, 0.15) is 0 Å². The van der Waals surface area contributed by atoms with Crippen LogP contribution >= 0.6 is 0 Å². The smallest absolute Gasteiger partial charge is 0.330 e. The van der Waals surface area contributed by atoms with Crippen LogP contribution in [0.25, 0.3) is 0 Å². The Bertz CT molecular complexity index is 210. The van der Waals surface area contributed by atoms with Crippen LogP contribution in [0.3, 0.4) is 0 Å². The zero-order valence-corrected chi connectivity index (χ0v) is 7.79. The third kappa shape index (κ3) is 2.02. The molecule has 7 heteroatoms. The van der Waals surface area contributed by atoms with Crippen molar-refractivity contribution in [3.8, 4) is 0 Å². The van der Waals surface area contributed by atoms with E-state index in [0.717, 1.165) is 0 Å².